The molecule has 0 aliphatic carbocycles. The van der Waals surface area contributed by atoms with E-state index in [1.54, 1.807) is 0 Å². The number of benzene rings is 1. The molecule has 2 fully saturated rings. The highest BCUT2D eigenvalue weighted by Crippen LogP contribution is 2.35. The first-order valence-corrected chi connectivity index (χ1v) is 10.9. The Labute approximate surface area is 172 Å². The Hall–Kier alpha value is -2.42. The van der Waals surface area contributed by atoms with Gasteiger partial charge in [0.05, 0.1) is 11.6 Å². The normalized spacial score (nSPS) is 24.2. The third-order valence-corrected chi connectivity index (χ3v) is 6.84. The predicted octanol–water partition coefficient (Wildman–Crippen LogP) is 2.94. The Kier molecular flexibility index (Phi) is 4.99. The summed E-state index contributed by atoms with van der Waals surface area (Å²) in [6.07, 6.45) is 3.70. The van der Waals surface area contributed by atoms with Crippen LogP contribution >= 0.6 is 0 Å². The molecule has 5 heteroatoms. The van der Waals surface area contributed by atoms with Crippen LogP contribution in [-0.2, 0) is 19.6 Å². The Morgan fingerprint density at radius 1 is 0.931 bits per heavy atom. The molecule has 2 saturated heterocycles. The van der Waals surface area contributed by atoms with Gasteiger partial charge >= 0.3 is 0 Å². The van der Waals surface area contributed by atoms with E-state index in [4.69, 9.17) is 5.26 Å². The second-order valence-corrected chi connectivity index (χ2v) is 8.98. The van der Waals surface area contributed by atoms with Crippen LogP contribution in [0.4, 0.5) is 0 Å². The summed E-state index contributed by atoms with van der Waals surface area (Å²) in [7, 11) is 0. The van der Waals surface area contributed by atoms with Crippen LogP contribution in [0.3, 0.4) is 0 Å². The maximum atomic E-state index is 13.2. The summed E-state index contributed by atoms with van der Waals surface area (Å²) in [6.45, 7) is 6.85. The van der Waals surface area contributed by atoms with Gasteiger partial charge in [-0.15, -0.1) is 0 Å². The zero-order valence-electron chi connectivity index (χ0n) is 16.9. The van der Waals surface area contributed by atoms with E-state index >= 15 is 0 Å². The smallest absolute Gasteiger partial charge is 0.255 e. The first-order chi connectivity index (χ1) is 14.2. The van der Waals surface area contributed by atoms with Crippen LogP contribution in [0.5, 0.6) is 0 Å². The average Bonchev–Trinajstić information content (AvgIpc) is 3.24. The minimum atomic E-state index is 0.240. The van der Waals surface area contributed by atoms with Crippen molar-refractivity contribution in [3.05, 3.63) is 69.1 Å². The van der Waals surface area contributed by atoms with E-state index < -0.39 is 0 Å². The Balaban J connectivity index is 1.33. The lowest BCUT2D eigenvalue weighted by atomic mass is 9.82. The summed E-state index contributed by atoms with van der Waals surface area (Å²) >= 11 is 0. The molecular formula is C24H28N4O. The van der Waals surface area contributed by atoms with Gasteiger partial charge in [0.25, 0.3) is 5.56 Å². The van der Waals surface area contributed by atoms with Crippen molar-refractivity contribution in [3.63, 3.8) is 0 Å². The van der Waals surface area contributed by atoms with Crippen molar-refractivity contribution < 1.29 is 0 Å². The number of hydrogen-bond donors (Lipinski definition) is 0. The molecule has 2 aromatic rings. The molecule has 3 aliphatic rings. The van der Waals surface area contributed by atoms with E-state index in [2.05, 4.69) is 44.7 Å². The second-order valence-electron chi connectivity index (χ2n) is 8.98. The maximum Gasteiger partial charge on any atom is 0.255 e. The number of likely N-dealkylation sites (tertiary alicyclic amines) is 2. The third kappa shape index (κ3) is 3.75. The number of fused-ring (bicyclic) bond motifs is 4. The number of aromatic nitrogens is 1. The Bertz CT molecular complexity index is 981. The quantitative estimate of drug-likeness (QED) is 0.808. The molecule has 4 heterocycles. The van der Waals surface area contributed by atoms with Crippen LogP contribution in [0.25, 0.3) is 0 Å². The SMILES string of the molecule is N#Cc1ccc(CN2C[C@@H]3C[C@H](C2)c2ccc(CN4CCCC4)c(=O)n2C3)cc1. The van der Waals surface area contributed by atoms with Crippen LogP contribution in [-0.4, -0.2) is 40.5 Å². The predicted molar refractivity (Wildman–Crippen MR) is 112 cm³/mol. The molecule has 0 N–H and O–H groups in total. The zero-order chi connectivity index (χ0) is 19.8. The molecular weight excluding hydrogens is 360 g/mol. The second kappa shape index (κ2) is 7.78. The van der Waals surface area contributed by atoms with E-state index in [1.165, 1.54) is 30.5 Å². The maximum absolute atomic E-state index is 13.2. The van der Waals surface area contributed by atoms with Gasteiger partial charge in [0.1, 0.15) is 0 Å². The van der Waals surface area contributed by atoms with Crippen LogP contribution in [0.15, 0.2) is 41.2 Å². The summed E-state index contributed by atoms with van der Waals surface area (Å²) in [5.74, 6) is 0.980. The fourth-order valence-electron chi connectivity index (χ4n) is 5.46. The fourth-order valence-corrected chi connectivity index (χ4v) is 5.46. The number of piperidine rings is 1. The number of pyridine rings is 1. The number of rotatable bonds is 4. The molecule has 0 radical (unpaired) electrons. The van der Waals surface area contributed by atoms with Gasteiger partial charge in [-0.3, -0.25) is 14.6 Å². The molecule has 0 unspecified atom stereocenters. The summed E-state index contributed by atoms with van der Waals surface area (Å²) < 4.78 is 2.09. The molecule has 1 aromatic carbocycles. The van der Waals surface area contributed by atoms with Crippen LogP contribution < -0.4 is 5.56 Å². The van der Waals surface area contributed by atoms with Crippen LogP contribution in [0, 0.1) is 17.2 Å². The van der Waals surface area contributed by atoms with Crippen LogP contribution in [0.2, 0.25) is 0 Å². The lowest BCUT2D eigenvalue weighted by molar-refractivity contribution is 0.114. The summed E-state index contributed by atoms with van der Waals surface area (Å²) in [5, 5.41) is 8.98. The Morgan fingerprint density at radius 3 is 2.48 bits per heavy atom. The standard InChI is InChI=1S/C24H28N4O/c25-12-18-3-5-19(6-4-18)13-27-14-20-11-22(17-27)23-8-7-21(24(29)28(23)15-20)16-26-9-1-2-10-26/h3-8,20,22H,1-2,9-11,13-17H2/t20-,22+/m0/s1. The van der Waals surface area contributed by atoms with E-state index in [1.807, 2.05) is 12.1 Å². The molecule has 5 rings (SSSR count). The van der Waals surface area contributed by atoms with Crippen molar-refractivity contribution in [1.82, 2.24) is 14.4 Å². The van der Waals surface area contributed by atoms with Gasteiger partial charge in [0.15, 0.2) is 0 Å². The molecule has 0 saturated carbocycles. The van der Waals surface area contributed by atoms with Gasteiger partial charge in [0, 0.05) is 49.9 Å². The van der Waals surface area contributed by atoms with Gasteiger partial charge in [-0.25, -0.2) is 0 Å². The van der Waals surface area contributed by atoms with E-state index in [0.29, 0.717) is 17.4 Å². The first-order valence-electron chi connectivity index (χ1n) is 10.9. The van der Waals surface area contributed by atoms with Crippen LogP contribution in [0.1, 0.15) is 47.6 Å². The van der Waals surface area contributed by atoms with Gasteiger partial charge in [0.2, 0.25) is 0 Å². The summed E-state index contributed by atoms with van der Waals surface area (Å²) in [4.78, 5) is 18.1. The molecule has 2 atom stereocenters. The lowest BCUT2D eigenvalue weighted by Crippen LogP contribution is -2.47. The van der Waals surface area contributed by atoms with E-state index in [9.17, 15) is 4.79 Å². The van der Waals surface area contributed by atoms with E-state index in [0.717, 1.165) is 51.4 Å². The molecule has 150 valence electrons. The molecule has 29 heavy (non-hydrogen) atoms. The molecule has 3 aliphatic heterocycles. The third-order valence-electron chi connectivity index (χ3n) is 6.84. The van der Waals surface area contributed by atoms with Crippen molar-refractivity contribution in [2.45, 2.75) is 44.8 Å². The minimum absolute atomic E-state index is 0.240. The van der Waals surface area contributed by atoms with Gasteiger partial charge in [-0.2, -0.15) is 5.26 Å². The lowest BCUT2D eigenvalue weighted by Gasteiger charge is -2.43. The molecule has 2 bridgehead atoms. The van der Waals surface area contributed by atoms with Gasteiger partial charge in [-0.05, 0) is 62.0 Å². The number of nitriles is 1. The topological polar surface area (TPSA) is 52.3 Å². The Morgan fingerprint density at radius 2 is 1.72 bits per heavy atom. The zero-order valence-corrected chi connectivity index (χ0v) is 16.9. The number of hydrogen-bond acceptors (Lipinski definition) is 4. The van der Waals surface area contributed by atoms with Crippen molar-refractivity contribution >= 4 is 0 Å². The summed E-state index contributed by atoms with van der Waals surface area (Å²) in [5.41, 5.74) is 4.39. The fraction of sp³-hybridized carbons (Fsp3) is 0.500. The average molecular weight is 389 g/mol. The highest BCUT2D eigenvalue weighted by Gasteiger charge is 2.35. The minimum Gasteiger partial charge on any atom is -0.312 e. The highest BCUT2D eigenvalue weighted by molar-refractivity contribution is 5.31. The van der Waals surface area contributed by atoms with Gasteiger partial charge in [-0.1, -0.05) is 18.2 Å². The molecule has 0 spiro atoms. The monoisotopic (exact) mass is 388 g/mol. The first kappa shape index (κ1) is 18.6. The van der Waals surface area contributed by atoms with Crippen molar-refractivity contribution in [3.8, 4) is 6.07 Å². The van der Waals surface area contributed by atoms with Crippen molar-refractivity contribution in [2.75, 3.05) is 26.2 Å². The largest absolute Gasteiger partial charge is 0.312 e. The van der Waals surface area contributed by atoms with E-state index in [-0.39, 0.29) is 5.56 Å². The molecule has 5 nitrogen and oxygen atoms in total. The van der Waals surface area contributed by atoms with Crippen molar-refractivity contribution in [1.29, 1.82) is 5.26 Å². The van der Waals surface area contributed by atoms with Crippen molar-refractivity contribution in [2.24, 2.45) is 5.92 Å². The molecule has 1 aromatic heterocycles. The molecule has 0 amide bonds. The highest BCUT2D eigenvalue weighted by atomic mass is 16.1. The summed E-state index contributed by atoms with van der Waals surface area (Å²) in [6, 6.07) is 14.4. The number of nitrogens with zero attached hydrogens (tertiary/aromatic N) is 4. The van der Waals surface area contributed by atoms with Gasteiger partial charge < -0.3 is 4.57 Å².